The fourth-order valence-corrected chi connectivity index (χ4v) is 3.77. The van der Waals surface area contributed by atoms with E-state index in [9.17, 15) is 0 Å². The Balaban J connectivity index is 1.32. The number of rotatable bonds is 6. The van der Waals surface area contributed by atoms with Crippen LogP contribution in [0, 0.1) is 6.92 Å². The Morgan fingerprint density at radius 2 is 1.75 bits per heavy atom. The molecule has 3 aromatic rings. The van der Waals surface area contributed by atoms with Crippen molar-refractivity contribution in [2.45, 2.75) is 32.1 Å². The predicted octanol–water partition coefficient (Wildman–Crippen LogP) is 4.35. The number of hydrogen-bond donors (Lipinski definition) is 1. The van der Waals surface area contributed by atoms with Gasteiger partial charge in [-0.1, -0.05) is 36.4 Å². The van der Waals surface area contributed by atoms with Gasteiger partial charge in [-0.15, -0.1) is 0 Å². The summed E-state index contributed by atoms with van der Waals surface area (Å²) in [6.07, 6.45) is 7.07. The molecule has 1 aromatic carbocycles. The van der Waals surface area contributed by atoms with E-state index in [1.54, 1.807) is 6.20 Å². The van der Waals surface area contributed by atoms with Crippen molar-refractivity contribution in [2.24, 2.45) is 0 Å². The Morgan fingerprint density at radius 3 is 2.54 bits per heavy atom. The summed E-state index contributed by atoms with van der Waals surface area (Å²) in [4.78, 5) is 16.3. The highest BCUT2D eigenvalue weighted by Gasteiger charge is 2.22. The second-order valence-corrected chi connectivity index (χ2v) is 7.47. The van der Waals surface area contributed by atoms with Crippen LogP contribution in [0.1, 0.15) is 35.7 Å². The van der Waals surface area contributed by atoms with E-state index >= 15 is 0 Å². The molecule has 2 aromatic heterocycles. The highest BCUT2D eigenvalue weighted by atomic mass is 15.1. The molecule has 5 heteroatoms. The van der Waals surface area contributed by atoms with Crippen LogP contribution in [0.3, 0.4) is 0 Å². The summed E-state index contributed by atoms with van der Waals surface area (Å²) in [5.74, 6) is 2.05. The number of nitrogens with zero attached hydrogens (tertiary/aromatic N) is 4. The summed E-state index contributed by atoms with van der Waals surface area (Å²) in [5, 5.41) is 3.28. The van der Waals surface area contributed by atoms with Gasteiger partial charge in [0.25, 0.3) is 0 Å². The molecule has 0 unspecified atom stereocenters. The van der Waals surface area contributed by atoms with E-state index < -0.39 is 0 Å². The standard InChI is InChI=1S/C23H27N5/c1-18-6-5-9-22(25-18)27-23-17-24-16-21(26-23)20-11-14-28(15-12-20)13-10-19-7-3-2-4-8-19/h2-9,16-17,20H,10-15H2,1H3,(H,25,26,27). The van der Waals surface area contributed by atoms with Gasteiger partial charge in [-0.3, -0.25) is 4.98 Å². The lowest BCUT2D eigenvalue weighted by atomic mass is 9.93. The van der Waals surface area contributed by atoms with Gasteiger partial charge in [0, 0.05) is 24.4 Å². The number of anilines is 2. The van der Waals surface area contributed by atoms with Crippen LogP contribution in [0.4, 0.5) is 11.6 Å². The van der Waals surface area contributed by atoms with Gasteiger partial charge in [0.05, 0.1) is 11.9 Å². The molecule has 1 N–H and O–H groups in total. The third kappa shape index (κ3) is 4.93. The maximum Gasteiger partial charge on any atom is 0.150 e. The first-order valence-corrected chi connectivity index (χ1v) is 10.1. The SMILES string of the molecule is Cc1cccc(Nc2cncc(C3CCN(CCc4ccccc4)CC3)n2)n1. The lowest BCUT2D eigenvalue weighted by molar-refractivity contribution is 0.213. The summed E-state index contributed by atoms with van der Waals surface area (Å²) in [6, 6.07) is 16.7. The fourth-order valence-electron chi connectivity index (χ4n) is 3.77. The van der Waals surface area contributed by atoms with E-state index in [-0.39, 0.29) is 0 Å². The average molecular weight is 374 g/mol. The first-order chi connectivity index (χ1) is 13.8. The van der Waals surface area contributed by atoms with Crippen molar-refractivity contribution in [1.82, 2.24) is 19.9 Å². The van der Waals surface area contributed by atoms with Crippen molar-refractivity contribution in [3.63, 3.8) is 0 Å². The lowest BCUT2D eigenvalue weighted by Gasteiger charge is -2.31. The van der Waals surface area contributed by atoms with Crippen LogP contribution >= 0.6 is 0 Å². The van der Waals surface area contributed by atoms with Gasteiger partial charge in [0.1, 0.15) is 11.6 Å². The van der Waals surface area contributed by atoms with Crippen LogP contribution in [0.2, 0.25) is 0 Å². The minimum atomic E-state index is 0.479. The summed E-state index contributed by atoms with van der Waals surface area (Å²) in [5.41, 5.74) is 3.48. The van der Waals surface area contributed by atoms with Crippen LogP contribution < -0.4 is 5.32 Å². The number of aryl methyl sites for hydroxylation is 1. The van der Waals surface area contributed by atoms with Crippen LogP contribution in [0.25, 0.3) is 0 Å². The molecular formula is C23H27N5. The molecule has 0 bridgehead atoms. The highest BCUT2D eigenvalue weighted by molar-refractivity contribution is 5.50. The second-order valence-electron chi connectivity index (χ2n) is 7.47. The molecule has 0 saturated carbocycles. The minimum Gasteiger partial charge on any atom is -0.324 e. The third-order valence-electron chi connectivity index (χ3n) is 5.36. The van der Waals surface area contributed by atoms with Crippen molar-refractivity contribution in [1.29, 1.82) is 0 Å². The molecule has 28 heavy (non-hydrogen) atoms. The normalized spacial score (nSPS) is 15.5. The maximum atomic E-state index is 4.81. The molecule has 3 heterocycles. The number of piperidine rings is 1. The van der Waals surface area contributed by atoms with Crippen LogP contribution in [-0.4, -0.2) is 39.5 Å². The number of nitrogens with one attached hydrogen (secondary N) is 1. The lowest BCUT2D eigenvalue weighted by Crippen LogP contribution is -2.34. The quantitative estimate of drug-likeness (QED) is 0.696. The fraction of sp³-hybridized carbons (Fsp3) is 0.348. The number of benzene rings is 1. The van der Waals surface area contributed by atoms with Gasteiger partial charge in [-0.2, -0.15) is 0 Å². The molecule has 0 atom stereocenters. The molecule has 1 fully saturated rings. The third-order valence-corrected chi connectivity index (χ3v) is 5.36. The first-order valence-electron chi connectivity index (χ1n) is 10.1. The van der Waals surface area contributed by atoms with Gasteiger partial charge in [-0.25, -0.2) is 9.97 Å². The Kier molecular flexibility index (Phi) is 5.92. The van der Waals surface area contributed by atoms with Crippen molar-refractivity contribution >= 4 is 11.6 Å². The number of pyridine rings is 1. The van der Waals surface area contributed by atoms with Gasteiger partial charge in [0.15, 0.2) is 0 Å². The zero-order valence-electron chi connectivity index (χ0n) is 16.4. The molecule has 4 rings (SSSR count). The van der Waals surface area contributed by atoms with Crippen LogP contribution in [0.15, 0.2) is 60.9 Å². The summed E-state index contributed by atoms with van der Waals surface area (Å²) >= 11 is 0. The van der Waals surface area contributed by atoms with E-state index in [1.165, 1.54) is 5.56 Å². The van der Waals surface area contributed by atoms with Gasteiger partial charge in [-0.05, 0) is 57.0 Å². The summed E-state index contributed by atoms with van der Waals surface area (Å²) in [6.45, 7) is 5.36. The Bertz CT molecular complexity index is 888. The highest BCUT2D eigenvalue weighted by Crippen LogP contribution is 2.27. The molecule has 1 aliphatic rings. The van der Waals surface area contributed by atoms with E-state index in [0.717, 1.165) is 61.9 Å². The Morgan fingerprint density at radius 1 is 0.929 bits per heavy atom. The molecule has 0 spiro atoms. The Hall–Kier alpha value is -2.79. The van der Waals surface area contributed by atoms with Crippen molar-refractivity contribution in [3.05, 3.63) is 77.9 Å². The molecule has 1 saturated heterocycles. The second kappa shape index (κ2) is 8.93. The molecule has 0 aliphatic carbocycles. The average Bonchev–Trinajstić information content (AvgIpc) is 2.74. The minimum absolute atomic E-state index is 0.479. The maximum absolute atomic E-state index is 4.81. The molecule has 0 radical (unpaired) electrons. The number of likely N-dealkylation sites (tertiary alicyclic amines) is 1. The van der Waals surface area contributed by atoms with Crippen LogP contribution in [0.5, 0.6) is 0 Å². The smallest absolute Gasteiger partial charge is 0.150 e. The molecular weight excluding hydrogens is 346 g/mol. The van der Waals surface area contributed by atoms with Crippen LogP contribution in [-0.2, 0) is 6.42 Å². The Labute approximate surface area is 166 Å². The van der Waals surface area contributed by atoms with Crippen molar-refractivity contribution in [2.75, 3.05) is 25.0 Å². The van der Waals surface area contributed by atoms with E-state index in [4.69, 9.17) is 4.98 Å². The van der Waals surface area contributed by atoms with Gasteiger partial charge in [0.2, 0.25) is 0 Å². The number of hydrogen-bond acceptors (Lipinski definition) is 5. The summed E-state index contributed by atoms with van der Waals surface area (Å²) < 4.78 is 0. The molecule has 5 nitrogen and oxygen atoms in total. The molecule has 0 amide bonds. The van der Waals surface area contributed by atoms with E-state index in [2.05, 4.69) is 50.5 Å². The van der Waals surface area contributed by atoms with Gasteiger partial charge >= 0.3 is 0 Å². The zero-order chi connectivity index (χ0) is 19.2. The molecule has 144 valence electrons. The van der Waals surface area contributed by atoms with Crippen molar-refractivity contribution < 1.29 is 0 Å². The van der Waals surface area contributed by atoms with E-state index in [1.807, 2.05) is 31.3 Å². The monoisotopic (exact) mass is 373 g/mol. The van der Waals surface area contributed by atoms with E-state index in [0.29, 0.717) is 5.92 Å². The van der Waals surface area contributed by atoms with Gasteiger partial charge < -0.3 is 10.2 Å². The molecule has 1 aliphatic heterocycles. The van der Waals surface area contributed by atoms with Crippen molar-refractivity contribution in [3.8, 4) is 0 Å². The zero-order valence-corrected chi connectivity index (χ0v) is 16.4. The summed E-state index contributed by atoms with van der Waals surface area (Å²) in [7, 11) is 0. The first kappa shape index (κ1) is 18.6. The topological polar surface area (TPSA) is 53.9 Å². The number of aromatic nitrogens is 3. The predicted molar refractivity (Wildman–Crippen MR) is 113 cm³/mol. The largest absolute Gasteiger partial charge is 0.324 e.